The molecule has 21 heavy (non-hydrogen) atoms. The molecule has 113 valence electrons. The summed E-state index contributed by atoms with van der Waals surface area (Å²) in [5.41, 5.74) is 0. The van der Waals surface area contributed by atoms with Crippen LogP contribution in [-0.4, -0.2) is 21.6 Å². The topological polar surface area (TPSA) is 259 Å². The molecule has 21 heteroatoms. The quantitative estimate of drug-likeness (QED) is 0.182. The molecule has 0 aliphatic rings. The van der Waals surface area contributed by atoms with E-state index in [4.69, 9.17) is 0 Å². The third-order valence-electron chi connectivity index (χ3n) is 1.63. The van der Waals surface area contributed by atoms with Crippen molar-refractivity contribution in [2.24, 2.45) is 0 Å². The fourth-order valence-electron chi connectivity index (χ4n) is 0.667. The van der Waals surface area contributed by atoms with E-state index in [1.54, 1.807) is 0 Å². The van der Waals surface area contributed by atoms with Gasteiger partial charge < -0.3 is 0 Å². The number of rotatable bonds is 6. The second kappa shape index (κ2) is 6.04. The van der Waals surface area contributed by atoms with Gasteiger partial charge in [0.05, 0.1) is 0 Å². The van der Waals surface area contributed by atoms with E-state index in [2.05, 4.69) is 0 Å². The first-order chi connectivity index (χ1) is 8.34. The third kappa shape index (κ3) is 1.59. The van der Waals surface area contributed by atoms with Crippen LogP contribution in [0.5, 0.6) is 0 Å². The Hall–Kier alpha value is -0.951. The van der Waals surface area contributed by atoms with Crippen molar-refractivity contribution in [2.75, 3.05) is 0 Å². The molecule has 0 aliphatic carbocycles. The van der Waals surface area contributed by atoms with Gasteiger partial charge in [0.15, 0.2) is 0 Å². The van der Waals surface area contributed by atoms with E-state index in [9.17, 15) is 60.7 Å². The van der Waals surface area contributed by atoms with E-state index < -0.39 is 35.9 Å². The largest absolute Gasteiger partial charge is 1.00 e. The SMILES string of the molecule is O=[N+]([O-])[Ir-2]([N+](=O)[O-])([N+](=O)[O-])([N+](=O)[O-])([N+](=O)[O-])[N+](=O)[O-].[Na+].[Na+]. The normalized spacial score (nSPS) is 13.1. The summed E-state index contributed by atoms with van der Waals surface area (Å²) in [6.07, 6.45) is 0. The zero-order chi connectivity index (χ0) is 15.9. The summed E-state index contributed by atoms with van der Waals surface area (Å²) >= 11 is -11.1. The molecular formula is IrN6Na2O12. The molecule has 0 bridgehead atoms. The summed E-state index contributed by atoms with van der Waals surface area (Å²) in [5, 5.41) is 63.3. The minimum atomic E-state index is -11.1. The van der Waals surface area contributed by atoms with Crippen LogP contribution in [0.2, 0.25) is 0 Å². The molecule has 0 amide bonds. The zero-order valence-corrected chi connectivity index (χ0v) is 16.3. The standard InChI is InChI=1S/Ir.6NO2.2Na/c;6*2-1-3;;/q-2;;;;;;;2*+1. The van der Waals surface area contributed by atoms with Crippen molar-refractivity contribution in [3.05, 3.63) is 60.7 Å². The van der Waals surface area contributed by atoms with E-state index in [1.165, 1.54) is 0 Å². The molecule has 0 saturated heterocycles. The van der Waals surface area contributed by atoms with Crippen molar-refractivity contribution in [3.63, 3.8) is 0 Å². The van der Waals surface area contributed by atoms with E-state index in [1.807, 2.05) is 0 Å². The number of nitro groups is 6. The maximum Gasteiger partial charge on any atom is 1.00 e. The zero-order valence-electron chi connectivity index (χ0n) is 9.92. The number of hydrogen-bond acceptors (Lipinski definition) is 12. The van der Waals surface area contributed by atoms with Crippen LogP contribution in [0.1, 0.15) is 0 Å². The Morgan fingerprint density at radius 1 is 0.429 bits per heavy atom. The number of nitrogens with zero attached hydrogens (tertiary/aromatic N) is 6. The molecule has 18 nitrogen and oxygen atoms in total. The molecule has 0 N–H and O–H groups in total. The fourth-order valence-corrected chi connectivity index (χ4v) is 5.46. The van der Waals surface area contributed by atoms with Gasteiger partial charge in [0.1, 0.15) is 0 Å². The van der Waals surface area contributed by atoms with Gasteiger partial charge in [-0.05, 0) is 0 Å². The Morgan fingerprint density at radius 2 is 0.524 bits per heavy atom. The summed E-state index contributed by atoms with van der Waals surface area (Å²) in [5.74, 6) is 0. The van der Waals surface area contributed by atoms with E-state index >= 15 is 0 Å². The maximum atomic E-state index is 10.6. The van der Waals surface area contributed by atoms with E-state index in [0.717, 1.165) is 0 Å². The average molecular weight is 514 g/mol. The van der Waals surface area contributed by atoms with Gasteiger partial charge in [-0.3, -0.25) is 0 Å². The predicted molar refractivity (Wildman–Crippen MR) is 42.0 cm³/mol. The van der Waals surface area contributed by atoms with E-state index in [0.29, 0.717) is 0 Å². The van der Waals surface area contributed by atoms with Gasteiger partial charge in [-0.15, -0.1) is 0 Å². The minimum absolute atomic E-state index is 0. The van der Waals surface area contributed by atoms with Gasteiger partial charge in [-0.25, -0.2) is 0 Å². The molecule has 0 aromatic rings. The van der Waals surface area contributed by atoms with Gasteiger partial charge >= 0.3 is 156 Å². The van der Waals surface area contributed by atoms with Crippen molar-refractivity contribution < 1.29 is 95.0 Å². The van der Waals surface area contributed by atoms with Crippen molar-refractivity contribution in [3.8, 4) is 0 Å². The fraction of sp³-hybridized carbons (Fsp3) is 0. The molecule has 0 atom stereocenters. The minimum Gasteiger partial charge on any atom is 1.00 e. The summed E-state index contributed by atoms with van der Waals surface area (Å²) in [4.78, 5) is 63.3. The van der Waals surface area contributed by atoms with Gasteiger partial charge in [0.2, 0.25) is 0 Å². The van der Waals surface area contributed by atoms with Crippen LogP contribution >= 0.6 is 0 Å². The molecule has 0 unspecified atom stereocenters. The van der Waals surface area contributed by atoms with Crippen molar-refractivity contribution in [1.29, 1.82) is 0 Å². The summed E-state index contributed by atoms with van der Waals surface area (Å²) in [6.45, 7) is 0. The van der Waals surface area contributed by atoms with Crippen molar-refractivity contribution >= 4 is 0 Å². The first-order valence-corrected chi connectivity index (χ1v) is 9.51. The van der Waals surface area contributed by atoms with Gasteiger partial charge in [0.25, 0.3) is 0 Å². The van der Waals surface area contributed by atoms with Crippen LogP contribution in [0.15, 0.2) is 0 Å². The Bertz CT molecular complexity index is 435. The summed E-state index contributed by atoms with van der Waals surface area (Å²) in [6, 6.07) is 0. The molecular weight excluding hydrogens is 514 g/mol. The van der Waals surface area contributed by atoms with Crippen LogP contribution in [0, 0.1) is 60.7 Å². The van der Waals surface area contributed by atoms with Crippen LogP contribution in [0.4, 0.5) is 0 Å². The second-order valence-corrected chi connectivity index (χ2v) is 14.6. The van der Waals surface area contributed by atoms with E-state index in [-0.39, 0.29) is 59.1 Å². The molecule has 0 fully saturated rings. The van der Waals surface area contributed by atoms with Crippen LogP contribution in [0.25, 0.3) is 0 Å². The monoisotopic (exact) mass is 515 g/mol. The first-order valence-electron chi connectivity index (χ1n) is 3.09. The Labute approximate surface area is 154 Å². The molecule has 0 saturated carbocycles. The van der Waals surface area contributed by atoms with Crippen LogP contribution in [-0.2, 0) is 14.3 Å². The molecule has 0 aliphatic heterocycles. The second-order valence-electron chi connectivity index (χ2n) is 2.18. The smallest absolute Gasteiger partial charge is 1.00 e. The van der Waals surface area contributed by atoms with Gasteiger partial charge in [0, 0.05) is 0 Å². The molecule has 0 radical (unpaired) electrons. The summed E-state index contributed by atoms with van der Waals surface area (Å²) in [7, 11) is 0. The van der Waals surface area contributed by atoms with Crippen molar-refractivity contribution in [2.45, 2.75) is 0 Å². The van der Waals surface area contributed by atoms with Crippen LogP contribution < -0.4 is 59.1 Å². The van der Waals surface area contributed by atoms with Gasteiger partial charge in [-0.2, -0.15) is 0 Å². The molecule has 0 rings (SSSR count). The average Bonchev–Trinajstić information content (AvgIpc) is 2.15. The van der Waals surface area contributed by atoms with Crippen molar-refractivity contribution in [1.82, 2.24) is 0 Å². The predicted octanol–water partition coefficient (Wildman–Crippen LogP) is -7.63. The molecule has 0 spiro atoms. The Balaban J connectivity index is -0.00000162. The third-order valence-corrected chi connectivity index (χ3v) is 13.4. The Morgan fingerprint density at radius 3 is 0.524 bits per heavy atom. The molecule has 0 aromatic carbocycles. The van der Waals surface area contributed by atoms with Gasteiger partial charge in [-0.1, -0.05) is 0 Å². The molecule has 0 heterocycles. The Kier molecular flexibility index (Phi) is 7.20. The van der Waals surface area contributed by atoms with Crippen LogP contribution in [0.3, 0.4) is 0 Å². The maximum absolute atomic E-state index is 11.1. The summed E-state index contributed by atoms with van der Waals surface area (Å²) < 4.78 is -19.2. The first kappa shape index (κ1) is 25.0. The molecule has 0 aromatic heterocycles. The number of hydrogen-bond donors (Lipinski definition) is 0.